The Kier molecular flexibility index (Phi) is 7.01. The summed E-state index contributed by atoms with van der Waals surface area (Å²) < 4.78 is 7.87. The number of anilines is 1. The third-order valence-electron chi connectivity index (χ3n) is 6.79. The monoisotopic (exact) mass is 508 g/mol. The molecule has 4 aromatic rings. The fourth-order valence-electron chi connectivity index (χ4n) is 4.63. The highest BCUT2D eigenvalue weighted by Gasteiger charge is 2.27. The number of hydrogen-bond acceptors (Lipinski definition) is 4. The predicted octanol–water partition coefficient (Wildman–Crippen LogP) is 5.08. The zero-order valence-corrected chi connectivity index (χ0v) is 22.0. The van der Waals surface area contributed by atoms with Crippen LogP contribution >= 0.6 is 0 Å². The molecule has 0 saturated carbocycles. The largest absolute Gasteiger partial charge is 0.484 e. The van der Waals surface area contributed by atoms with Crippen LogP contribution in [0.15, 0.2) is 85.2 Å². The number of ether oxygens (including phenoxy) is 1. The van der Waals surface area contributed by atoms with Crippen LogP contribution in [-0.2, 0) is 29.8 Å². The van der Waals surface area contributed by atoms with Gasteiger partial charge in [-0.2, -0.15) is 0 Å². The molecule has 7 heteroatoms. The third-order valence-corrected chi connectivity index (χ3v) is 6.79. The van der Waals surface area contributed by atoms with Crippen molar-refractivity contribution in [2.24, 2.45) is 0 Å². The highest BCUT2D eigenvalue weighted by molar-refractivity contribution is 5.96. The van der Waals surface area contributed by atoms with Gasteiger partial charge in [0.15, 0.2) is 6.61 Å². The van der Waals surface area contributed by atoms with Gasteiger partial charge in [-0.1, -0.05) is 57.2 Å². The fourth-order valence-corrected chi connectivity index (χ4v) is 4.63. The average Bonchev–Trinajstić information content (AvgIpc) is 3.23. The third kappa shape index (κ3) is 5.47. The molecule has 5 rings (SSSR count). The number of amides is 2. The summed E-state index contributed by atoms with van der Waals surface area (Å²) in [5, 5.41) is 2.98. The van der Waals surface area contributed by atoms with E-state index in [2.05, 4.69) is 31.1 Å². The number of carbonyl (C=O) groups excluding carboxylic acids is 2. The van der Waals surface area contributed by atoms with Gasteiger partial charge in [0, 0.05) is 30.3 Å². The number of benzene rings is 2. The van der Waals surface area contributed by atoms with E-state index in [1.807, 2.05) is 77.4 Å². The lowest BCUT2D eigenvalue weighted by molar-refractivity contribution is -0.120. The first kappa shape index (κ1) is 25.3. The smallest absolute Gasteiger partial charge is 0.268 e. The number of para-hydroxylation sites is 1. The highest BCUT2D eigenvalue weighted by atomic mass is 16.5. The van der Waals surface area contributed by atoms with Gasteiger partial charge in [0.05, 0.1) is 13.1 Å². The van der Waals surface area contributed by atoms with Crippen molar-refractivity contribution in [1.29, 1.82) is 0 Å². The van der Waals surface area contributed by atoms with Crippen molar-refractivity contribution in [3.05, 3.63) is 113 Å². The summed E-state index contributed by atoms with van der Waals surface area (Å²) >= 11 is 0. The Morgan fingerprint density at radius 1 is 0.947 bits per heavy atom. The van der Waals surface area contributed by atoms with Crippen LogP contribution in [0.5, 0.6) is 5.75 Å². The van der Waals surface area contributed by atoms with Crippen LogP contribution in [0, 0.1) is 0 Å². The van der Waals surface area contributed by atoms with Gasteiger partial charge in [0.2, 0.25) is 0 Å². The number of carbonyl (C=O) groups is 2. The van der Waals surface area contributed by atoms with E-state index in [1.54, 1.807) is 17.3 Å². The van der Waals surface area contributed by atoms with E-state index >= 15 is 0 Å². The Balaban J connectivity index is 1.33. The van der Waals surface area contributed by atoms with E-state index in [1.165, 1.54) is 5.56 Å². The van der Waals surface area contributed by atoms with Crippen molar-refractivity contribution >= 4 is 17.5 Å². The van der Waals surface area contributed by atoms with E-state index in [9.17, 15) is 9.59 Å². The molecule has 38 heavy (non-hydrogen) atoms. The number of rotatable bonds is 6. The summed E-state index contributed by atoms with van der Waals surface area (Å²) in [6.07, 6.45) is 3.44. The van der Waals surface area contributed by atoms with E-state index in [4.69, 9.17) is 4.74 Å². The van der Waals surface area contributed by atoms with Crippen molar-refractivity contribution in [1.82, 2.24) is 14.9 Å². The molecule has 0 fully saturated rings. The van der Waals surface area contributed by atoms with Gasteiger partial charge in [-0.25, -0.2) is 0 Å². The van der Waals surface area contributed by atoms with Gasteiger partial charge in [-0.05, 0) is 58.5 Å². The number of hydrogen-bond donors (Lipinski definition) is 1. The molecule has 194 valence electrons. The normalized spacial score (nSPS) is 12.8. The second-order valence-corrected chi connectivity index (χ2v) is 10.5. The Morgan fingerprint density at radius 2 is 1.74 bits per heavy atom. The SMILES string of the molecule is CC(C)(C)c1ccc(OCC(=O)N2Cc3ccc(C(=O)NCc4cccnc4)n3Cc3ccccc32)cc1. The Bertz CT molecular complexity index is 1440. The van der Waals surface area contributed by atoms with Crippen LogP contribution in [0.4, 0.5) is 5.69 Å². The average molecular weight is 509 g/mol. The molecule has 2 amide bonds. The van der Waals surface area contributed by atoms with Crippen molar-refractivity contribution in [3.63, 3.8) is 0 Å². The van der Waals surface area contributed by atoms with E-state index < -0.39 is 0 Å². The minimum absolute atomic E-state index is 0.0491. The van der Waals surface area contributed by atoms with Crippen LogP contribution in [-0.4, -0.2) is 28.0 Å². The molecule has 1 aliphatic heterocycles. The van der Waals surface area contributed by atoms with Crippen molar-refractivity contribution in [2.45, 2.75) is 45.8 Å². The van der Waals surface area contributed by atoms with E-state index in [0.29, 0.717) is 31.1 Å². The molecule has 1 aliphatic rings. The maximum atomic E-state index is 13.4. The van der Waals surface area contributed by atoms with Gasteiger partial charge < -0.3 is 19.5 Å². The molecule has 0 radical (unpaired) electrons. The minimum atomic E-state index is -0.167. The van der Waals surface area contributed by atoms with Crippen LogP contribution < -0.4 is 15.0 Å². The molecule has 0 spiro atoms. The summed E-state index contributed by atoms with van der Waals surface area (Å²) in [7, 11) is 0. The number of aromatic nitrogens is 2. The Hall–Kier alpha value is -4.39. The summed E-state index contributed by atoms with van der Waals surface area (Å²) in [5.41, 5.74) is 5.42. The first-order valence-electron chi connectivity index (χ1n) is 12.8. The van der Waals surface area contributed by atoms with Crippen LogP contribution in [0.2, 0.25) is 0 Å². The molecular weight excluding hydrogens is 476 g/mol. The molecule has 0 bridgehead atoms. The van der Waals surface area contributed by atoms with Gasteiger partial charge in [0.1, 0.15) is 11.4 Å². The molecule has 2 aromatic heterocycles. The lowest BCUT2D eigenvalue weighted by Crippen LogP contribution is -2.34. The first-order valence-corrected chi connectivity index (χ1v) is 12.8. The van der Waals surface area contributed by atoms with Crippen LogP contribution in [0.1, 0.15) is 53.6 Å². The fraction of sp³-hybridized carbons (Fsp3) is 0.258. The number of nitrogens with zero attached hydrogens (tertiary/aromatic N) is 3. The molecule has 1 N–H and O–H groups in total. The first-order chi connectivity index (χ1) is 18.3. The molecule has 0 aliphatic carbocycles. The van der Waals surface area contributed by atoms with Gasteiger partial charge in [-0.15, -0.1) is 0 Å². The Labute approximate surface area is 223 Å². The maximum absolute atomic E-state index is 13.4. The zero-order valence-electron chi connectivity index (χ0n) is 22.0. The zero-order chi connectivity index (χ0) is 26.7. The van der Waals surface area contributed by atoms with Crippen molar-refractivity contribution < 1.29 is 14.3 Å². The molecule has 7 nitrogen and oxygen atoms in total. The van der Waals surface area contributed by atoms with Crippen LogP contribution in [0.3, 0.4) is 0 Å². The van der Waals surface area contributed by atoms with Crippen molar-refractivity contribution in [2.75, 3.05) is 11.5 Å². The molecule has 2 aromatic carbocycles. The maximum Gasteiger partial charge on any atom is 0.268 e. The molecule has 3 heterocycles. The summed E-state index contributed by atoms with van der Waals surface area (Å²) in [5.74, 6) is 0.347. The van der Waals surface area contributed by atoms with Crippen LogP contribution in [0.25, 0.3) is 0 Å². The lowest BCUT2D eigenvalue weighted by atomic mass is 9.87. The summed E-state index contributed by atoms with van der Waals surface area (Å²) in [6.45, 7) is 7.63. The topological polar surface area (TPSA) is 76.5 Å². The van der Waals surface area contributed by atoms with E-state index in [0.717, 1.165) is 22.5 Å². The Morgan fingerprint density at radius 3 is 2.47 bits per heavy atom. The van der Waals surface area contributed by atoms with Gasteiger partial charge >= 0.3 is 0 Å². The van der Waals surface area contributed by atoms with Gasteiger partial charge in [-0.3, -0.25) is 14.6 Å². The second-order valence-electron chi connectivity index (χ2n) is 10.5. The molecule has 0 unspecified atom stereocenters. The van der Waals surface area contributed by atoms with Crippen molar-refractivity contribution in [3.8, 4) is 5.75 Å². The predicted molar refractivity (Wildman–Crippen MR) is 147 cm³/mol. The lowest BCUT2D eigenvalue weighted by Gasteiger charge is -2.23. The summed E-state index contributed by atoms with van der Waals surface area (Å²) in [4.78, 5) is 32.4. The second kappa shape index (κ2) is 10.5. The summed E-state index contributed by atoms with van der Waals surface area (Å²) in [6, 6.07) is 23.2. The quantitative estimate of drug-likeness (QED) is 0.394. The minimum Gasteiger partial charge on any atom is -0.484 e. The molecular formula is C31H32N4O3. The standard InChI is InChI=1S/C31H32N4O3/c1-31(2,3)24-10-13-26(14-11-24)38-21-29(36)35-20-25-12-15-28(30(37)33-18-22-7-6-16-32-17-22)34(25)19-23-8-4-5-9-27(23)35/h4-17H,18-21H2,1-3H3,(H,33,37). The number of fused-ring (bicyclic) bond motifs is 2. The van der Waals surface area contributed by atoms with E-state index in [-0.39, 0.29) is 23.8 Å². The highest BCUT2D eigenvalue weighted by Crippen LogP contribution is 2.30. The molecule has 0 atom stereocenters. The van der Waals surface area contributed by atoms with Gasteiger partial charge in [0.25, 0.3) is 11.8 Å². The number of pyridine rings is 1. The number of nitrogens with one attached hydrogen (secondary N) is 1. The molecule has 0 saturated heterocycles.